The van der Waals surface area contributed by atoms with Crippen molar-refractivity contribution < 1.29 is 9.18 Å². The largest absolute Gasteiger partial charge is 0.402 e. The molecule has 0 radical (unpaired) electrons. The summed E-state index contributed by atoms with van der Waals surface area (Å²) in [6, 6.07) is 0. The van der Waals surface area contributed by atoms with Gasteiger partial charge in [-0.1, -0.05) is 0 Å². The second-order valence-corrected chi connectivity index (χ2v) is 0.978. The molecular weight excluding hydrogens is 111 g/mol. The minimum absolute atomic E-state index is 0.539. The number of hydrogen-bond donors (Lipinski definition) is 1. The molecule has 0 atom stereocenters. The van der Waals surface area contributed by atoms with Crippen LogP contribution in [0.25, 0.3) is 0 Å². The molecule has 2 N–H and O–H groups in total. The first-order chi connectivity index (χ1) is 3.72. The highest BCUT2D eigenvalue weighted by molar-refractivity contribution is 5.94. The maximum Gasteiger partial charge on any atom is 0.306 e. The molecule has 0 heterocycles. The molecule has 0 saturated heterocycles. The lowest BCUT2D eigenvalue weighted by molar-refractivity contribution is -0.115. The van der Waals surface area contributed by atoms with Crippen LogP contribution in [0, 0.1) is 0 Å². The summed E-state index contributed by atoms with van der Waals surface area (Å²) in [5.41, 5.74) is 4.60. The Morgan fingerprint density at radius 2 is 2.38 bits per heavy atom. The number of rotatable bonds is 1. The Morgan fingerprint density at radius 3 is 2.50 bits per heavy atom. The Bertz CT molecular complexity index is 141. The Morgan fingerprint density at radius 1 is 1.88 bits per heavy atom. The number of nitrogens with zero attached hydrogens (tertiary/aromatic N) is 1. The quantitative estimate of drug-likeness (QED) is 0.386. The Hall–Kier alpha value is -1.19. The second-order valence-electron chi connectivity index (χ2n) is 0.978. The van der Waals surface area contributed by atoms with E-state index in [1.165, 1.54) is 0 Å². The summed E-state index contributed by atoms with van der Waals surface area (Å²) in [5, 5.41) is 0. The number of nitrogens with two attached hydrogens (primary N) is 1. The molecule has 0 aromatic heterocycles. The molecule has 3 nitrogen and oxygen atoms in total. The summed E-state index contributed by atoms with van der Waals surface area (Å²) in [6.07, 6.45) is 0.539. The Labute approximate surface area is 45.7 Å². The van der Waals surface area contributed by atoms with Crippen molar-refractivity contribution in [2.75, 3.05) is 0 Å². The van der Waals surface area contributed by atoms with Crippen molar-refractivity contribution >= 4 is 12.6 Å². The van der Waals surface area contributed by atoms with Gasteiger partial charge in [-0.3, -0.25) is 4.79 Å². The van der Waals surface area contributed by atoms with Gasteiger partial charge < -0.3 is 5.73 Å². The van der Waals surface area contributed by atoms with Crippen LogP contribution in [0.2, 0.25) is 0 Å². The van der Waals surface area contributed by atoms with E-state index in [0.29, 0.717) is 6.20 Å². The number of halogens is 1. The van der Waals surface area contributed by atoms with Gasteiger partial charge in [-0.15, -0.1) is 0 Å². The molecule has 8 heavy (non-hydrogen) atoms. The van der Waals surface area contributed by atoms with E-state index in [1.54, 1.807) is 0 Å². The van der Waals surface area contributed by atoms with Crippen molar-refractivity contribution in [1.29, 1.82) is 0 Å². The highest BCUT2D eigenvalue weighted by atomic mass is 19.1. The Kier molecular flexibility index (Phi) is 2.47. The topological polar surface area (TPSA) is 55.5 Å². The van der Waals surface area contributed by atoms with Gasteiger partial charge >= 0.3 is 5.91 Å². The molecule has 0 spiro atoms. The average Bonchev–Trinajstić information content (AvgIpc) is 1.84. The molecule has 44 valence electrons. The van der Waals surface area contributed by atoms with Crippen LogP contribution in [0.3, 0.4) is 0 Å². The summed E-state index contributed by atoms with van der Waals surface area (Å²) < 4.78 is 11.8. The van der Waals surface area contributed by atoms with Gasteiger partial charge in [0.1, 0.15) is 0 Å². The smallest absolute Gasteiger partial charge is 0.306 e. The van der Waals surface area contributed by atoms with Crippen LogP contribution in [0.15, 0.2) is 17.0 Å². The molecule has 0 bridgehead atoms. The number of amides is 1. The van der Waals surface area contributed by atoms with Crippen LogP contribution in [0.5, 0.6) is 0 Å². The van der Waals surface area contributed by atoms with Crippen LogP contribution in [0.1, 0.15) is 0 Å². The molecule has 4 heteroatoms. The van der Waals surface area contributed by atoms with Crippen LogP contribution >= 0.6 is 0 Å². The summed E-state index contributed by atoms with van der Waals surface area (Å²) in [5.74, 6) is -2.12. The molecule has 0 unspecified atom stereocenters. The fourth-order valence-electron chi connectivity index (χ4n) is 0.147. The zero-order valence-corrected chi connectivity index (χ0v) is 4.10. The minimum atomic E-state index is -1.08. The summed E-state index contributed by atoms with van der Waals surface area (Å²) in [4.78, 5) is 12.7. The van der Waals surface area contributed by atoms with Crippen LogP contribution < -0.4 is 5.73 Å². The molecule has 0 aliphatic heterocycles. The lowest BCUT2D eigenvalue weighted by Gasteiger charge is -1.81. The normalized spacial score (nSPS) is 10.9. The molecule has 0 aliphatic carbocycles. The van der Waals surface area contributed by atoms with Gasteiger partial charge in [-0.2, -0.15) is 4.39 Å². The molecule has 0 fully saturated rings. The van der Waals surface area contributed by atoms with Gasteiger partial charge in [-0.25, -0.2) is 4.99 Å². The van der Waals surface area contributed by atoms with E-state index in [-0.39, 0.29) is 0 Å². The van der Waals surface area contributed by atoms with E-state index in [2.05, 4.69) is 17.4 Å². The first-order valence-electron chi connectivity index (χ1n) is 1.80. The number of carbonyl (C=O) groups is 1. The first kappa shape index (κ1) is 6.81. The van der Waals surface area contributed by atoms with Crippen molar-refractivity contribution in [3.05, 3.63) is 12.0 Å². The van der Waals surface area contributed by atoms with Gasteiger partial charge in [0.15, 0.2) is 0 Å². The molecule has 0 aromatic carbocycles. The first-order valence-corrected chi connectivity index (χ1v) is 1.80. The lowest BCUT2D eigenvalue weighted by atomic mass is 10.5. The maximum absolute atomic E-state index is 11.8. The zero-order valence-electron chi connectivity index (χ0n) is 4.10. The van der Waals surface area contributed by atoms with Crippen LogP contribution in [-0.2, 0) is 4.79 Å². The number of carbonyl (C=O) groups excluding carboxylic acids is 1. The Balaban J connectivity index is 4.03. The van der Waals surface area contributed by atoms with Crippen molar-refractivity contribution in [2.24, 2.45) is 10.7 Å². The SMILES string of the molecule is C=NC(=O)/C(F)=C\N. The maximum atomic E-state index is 11.8. The summed E-state index contributed by atoms with van der Waals surface area (Å²) >= 11 is 0. The lowest BCUT2D eigenvalue weighted by Crippen LogP contribution is -1.94. The number of aliphatic imine (C=N–C) groups is 1. The van der Waals surface area contributed by atoms with E-state index in [9.17, 15) is 9.18 Å². The van der Waals surface area contributed by atoms with E-state index in [1.807, 2.05) is 0 Å². The molecule has 0 saturated carbocycles. The molecule has 1 amide bonds. The fourth-order valence-corrected chi connectivity index (χ4v) is 0.147. The second kappa shape index (κ2) is 2.90. The van der Waals surface area contributed by atoms with Crippen molar-refractivity contribution in [3.8, 4) is 0 Å². The van der Waals surface area contributed by atoms with E-state index >= 15 is 0 Å². The van der Waals surface area contributed by atoms with E-state index < -0.39 is 11.7 Å². The van der Waals surface area contributed by atoms with Crippen molar-refractivity contribution in [2.45, 2.75) is 0 Å². The van der Waals surface area contributed by atoms with Gasteiger partial charge in [-0.05, 0) is 6.72 Å². The van der Waals surface area contributed by atoms with Crippen LogP contribution in [-0.4, -0.2) is 12.6 Å². The molecule has 0 aromatic rings. The summed E-state index contributed by atoms with van der Waals surface area (Å²) in [6.45, 7) is 2.79. The fraction of sp³-hybridized carbons (Fsp3) is 0. The standard InChI is InChI=1S/C4H5FN2O/c1-7-4(8)3(5)2-6/h2H,1,6H2/b3-2+. The van der Waals surface area contributed by atoms with E-state index in [4.69, 9.17) is 0 Å². The zero-order chi connectivity index (χ0) is 6.57. The molecule has 0 rings (SSSR count). The van der Waals surface area contributed by atoms with E-state index in [0.717, 1.165) is 0 Å². The summed E-state index contributed by atoms with van der Waals surface area (Å²) in [7, 11) is 0. The third kappa shape index (κ3) is 1.51. The predicted octanol–water partition coefficient (Wildman–Crippen LogP) is -0.0168. The third-order valence-electron chi connectivity index (χ3n) is 0.494. The molecular formula is C4H5FN2O. The predicted molar refractivity (Wildman–Crippen MR) is 27.9 cm³/mol. The average molecular weight is 116 g/mol. The van der Waals surface area contributed by atoms with Gasteiger partial charge in [0.2, 0.25) is 5.83 Å². The van der Waals surface area contributed by atoms with Gasteiger partial charge in [0, 0.05) is 6.20 Å². The minimum Gasteiger partial charge on any atom is -0.402 e. The molecule has 0 aliphatic rings. The van der Waals surface area contributed by atoms with Crippen molar-refractivity contribution in [1.82, 2.24) is 0 Å². The van der Waals surface area contributed by atoms with Gasteiger partial charge in [0.05, 0.1) is 0 Å². The highest BCUT2D eigenvalue weighted by Gasteiger charge is 2.01. The third-order valence-corrected chi connectivity index (χ3v) is 0.494. The highest BCUT2D eigenvalue weighted by Crippen LogP contribution is 1.93. The van der Waals surface area contributed by atoms with Crippen molar-refractivity contribution in [3.63, 3.8) is 0 Å². The number of hydrogen-bond acceptors (Lipinski definition) is 2. The monoisotopic (exact) mass is 116 g/mol. The van der Waals surface area contributed by atoms with Crippen LogP contribution in [0.4, 0.5) is 4.39 Å². The van der Waals surface area contributed by atoms with Gasteiger partial charge in [0.25, 0.3) is 0 Å².